The summed E-state index contributed by atoms with van der Waals surface area (Å²) in [6.07, 6.45) is -4.30. The quantitative estimate of drug-likeness (QED) is 0.163. The van der Waals surface area contributed by atoms with Gasteiger partial charge in [0.05, 0.1) is 29.5 Å². The molecule has 0 spiro atoms. The van der Waals surface area contributed by atoms with Crippen LogP contribution in [-0.2, 0) is 20.8 Å². The van der Waals surface area contributed by atoms with E-state index in [0.29, 0.717) is 11.1 Å². The first kappa shape index (κ1) is 27.0. The van der Waals surface area contributed by atoms with Gasteiger partial charge in [0.2, 0.25) is 0 Å². The van der Waals surface area contributed by atoms with Gasteiger partial charge in [-0.2, -0.15) is 0 Å². The molecule has 0 saturated carbocycles. The third-order valence-corrected chi connectivity index (χ3v) is 7.11. The lowest BCUT2D eigenvalue weighted by molar-refractivity contribution is -0.223. The van der Waals surface area contributed by atoms with E-state index >= 15 is 0 Å². The molecule has 0 bridgehead atoms. The van der Waals surface area contributed by atoms with Gasteiger partial charge in [-0.1, -0.05) is 77.0 Å². The van der Waals surface area contributed by atoms with Crippen molar-refractivity contribution in [2.45, 2.75) is 41.4 Å². The average molecular weight is 542 g/mol. The first-order chi connectivity index (χ1) is 18.0. The molecule has 3 aromatic carbocycles. The number of aliphatic hydroxyl groups is 2. The molecular weight excluding hydrogens is 518 g/mol. The molecule has 0 amide bonds. The van der Waals surface area contributed by atoms with Crippen LogP contribution in [0.15, 0.2) is 88.9 Å². The third-order valence-electron chi connectivity index (χ3n) is 5.65. The molecule has 0 aromatic heterocycles. The predicted molar refractivity (Wildman–Crippen MR) is 139 cm³/mol. The minimum atomic E-state index is -1.29. The Hall–Kier alpha value is -3.08. The van der Waals surface area contributed by atoms with E-state index in [1.807, 2.05) is 30.3 Å². The number of rotatable bonds is 9. The Labute approximate surface area is 222 Å². The van der Waals surface area contributed by atoms with Crippen molar-refractivity contribution in [1.29, 1.82) is 0 Å². The number of benzene rings is 3. The molecule has 11 heteroatoms. The third kappa shape index (κ3) is 6.82. The second-order valence-electron chi connectivity index (χ2n) is 8.13. The molecule has 1 aliphatic heterocycles. The van der Waals surface area contributed by atoms with Gasteiger partial charge in [-0.15, -0.1) is 0 Å². The molecule has 1 fully saturated rings. The van der Waals surface area contributed by atoms with Gasteiger partial charge >= 0.3 is 5.97 Å². The van der Waals surface area contributed by atoms with Crippen molar-refractivity contribution in [3.8, 4) is 0 Å². The van der Waals surface area contributed by atoms with Gasteiger partial charge in [-0.3, -0.25) is 0 Å². The van der Waals surface area contributed by atoms with E-state index in [0.717, 1.165) is 4.90 Å². The van der Waals surface area contributed by atoms with Gasteiger partial charge in [0.15, 0.2) is 6.10 Å². The average Bonchev–Trinajstić information content (AvgIpc) is 2.92. The maximum atomic E-state index is 13.0. The van der Waals surface area contributed by atoms with Crippen molar-refractivity contribution < 1.29 is 29.2 Å². The van der Waals surface area contributed by atoms with Crippen LogP contribution < -0.4 is 0 Å². The van der Waals surface area contributed by atoms with Gasteiger partial charge in [-0.05, 0) is 41.4 Å². The predicted octanol–water partition coefficient (Wildman–Crippen LogP) is 5.26. The van der Waals surface area contributed by atoms with Crippen molar-refractivity contribution in [3.63, 3.8) is 0 Å². The van der Waals surface area contributed by atoms with Crippen molar-refractivity contribution in [2.24, 2.45) is 5.11 Å². The maximum absolute atomic E-state index is 13.0. The monoisotopic (exact) mass is 541 g/mol. The molecular formula is C26H24ClN3O6S. The van der Waals surface area contributed by atoms with Gasteiger partial charge in [0, 0.05) is 9.81 Å². The number of azide groups is 1. The summed E-state index contributed by atoms with van der Waals surface area (Å²) in [5.41, 5.74) is 9.12. The number of halogens is 1. The lowest BCUT2D eigenvalue weighted by atomic mass is 9.99. The second kappa shape index (κ2) is 12.9. The highest BCUT2D eigenvalue weighted by atomic mass is 35.5. The molecule has 2 N–H and O–H groups in total. The number of hydrogen-bond acceptors (Lipinski definition) is 8. The van der Waals surface area contributed by atoms with Crippen molar-refractivity contribution in [2.75, 3.05) is 6.61 Å². The number of nitrogens with zero attached hydrogens (tertiary/aromatic N) is 3. The minimum Gasteiger partial charge on any atom is -0.452 e. The number of thioether (sulfide) groups is 1. The van der Waals surface area contributed by atoms with Gasteiger partial charge < -0.3 is 24.4 Å². The number of esters is 1. The number of ether oxygens (including phenoxy) is 3. The Kier molecular flexibility index (Phi) is 9.43. The summed E-state index contributed by atoms with van der Waals surface area (Å²) in [7, 11) is 0. The lowest BCUT2D eigenvalue weighted by Gasteiger charge is -2.43. The smallest absolute Gasteiger partial charge is 0.338 e. The Morgan fingerprint density at radius 1 is 1.08 bits per heavy atom. The Balaban J connectivity index is 1.61. The van der Waals surface area contributed by atoms with E-state index in [1.165, 1.54) is 11.8 Å². The zero-order valence-corrected chi connectivity index (χ0v) is 21.0. The van der Waals surface area contributed by atoms with Crippen LogP contribution in [0.2, 0.25) is 5.02 Å². The molecule has 1 heterocycles. The Bertz CT molecular complexity index is 1250. The molecule has 9 nitrogen and oxygen atoms in total. The SMILES string of the molecule is [N-]=[N+]=Nc1ccc(CO[C@H]2[C@H](O)[C@@H](CO)O[C@@H](Sc3ccccc3)[C@@H]2OC(=O)c2ccccc2)cc1Cl. The highest BCUT2D eigenvalue weighted by molar-refractivity contribution is 7.99. The van der Waals surface area contributed by atoms with E-state index in [-0.39, 0.29) is 17.3 Å². The largest absolute Gasteiger partial charge is 0.452 e. The summed E-state index contributed by atoms with van der Waals surface area (Å²) in [5, 5.41) is 24.7. The van der Waals surface area contributed by atoms with Crippen molar-refractivity contribution >= 4 is 35.0 Å². The van der Waals surface area contributed by atoms with Gasteiger partial charge in [-0.25, -0.2) is 4.79 Å². The summed E-state index contributed by atoms with van der Waals surface area (Å²) in [5.74, 6) is -0.599. The van der Waals surface area contributed by atoms with E-state index in [2.05, 4.69) is 10.0 Å². The highest BCUT2D eigenvalue weighted by Crippen LogP contribution is 2.37. The van der Waals surface area contributed by atoms with Crippen LogP contribution in [-0.4, -0.2) is 52.6 Å². The van der Waals surface area contributed by atoms with Crippen molar-refractivity contribution in [3.05, 3.63) is 105 Å². The molecule has 0 aliphatic carbocycles. The molecule has 3 aromatic rings. The van der Waals surface area contributed by atoms with E-state index in [1.54, 1.807) is 48.5 Å². The van der Waals surface area contributed by atoms with Crippen LogP contribution in [0.25, 0.3) is 10.4 Å². The molecule has 1 saturated heterocycles. The fourth-order valence-corrected chi connectivity index (χ4v) is 5.18. The number of hydrogen-bond donors (Lipinski definition) is 2. The first-order valence-corrected chi connectivity index (χ1v) is 12.6. The minimum absolute atomic E-state index is 0.00173. The van der Waals surface area contributed by atoms with Crippen LogP contribution >= 0.6 is 23.4 Å². The van der Waals surface area contributed by atoms with Crippen LogP contribution in [0.5, 0.6) is 0 Å². The molecule has 0 unspecified atom stereocenters. The maximum Gasteiger partial charge on any atom is 0.338 e. The number of aliphatic hydroxyl groups excluding tert-OH is 2. The second-order valence-corrected chi connectivity index (χ2v) is 9.71. The fraction of sp³-hybridized carbons (Fsp3) is 0.269. The van der Waals surface area contributed by atoms with Crippen molar-refractivity contribution in [1.82, 2.24) is 0 Å². The zero-order valence-electron chi connectivity index (χ0n) is 19.5. The standard InChI is InChI=1S/C26H24ClN3O6S/c27-19-13-16(11-12-20(19)29-30-28)15-34-23-22(32)21(14-31)35-26(37-18-9-5-2-6-10-18)24(23)36-25(33)17-7-3-1-4-8-17/h1-13,21-24,26,31-32H,14-15H2/t21-,22-,23+,24-,26+/m1/s1. The zero-order chi connectivity index (χ0) is 26.2. The van der Waals surface area contributed by atoms with E-state index < -0.39 is 42.4 Å². The summed E-state index contributed by atoms with van der Waals surface area (Å²) in [4.78, 5) is 16.6. The molecule has 4 rings (SSSR count). The van der Waals surface area contributed by atoms with E-state index in [4.69, 9.17) is 31.3 Å². The Morgan fingerprint density at radius 3 is 2.43 bits per heavy atom. The fourth-order valence-electron chi connectivity index (χ4n) is 3.81. The van der Waals surface area contributed by atoms with Crippen LogP contribution in [0, 0.1) is 0 Å². The van der Waals surface area contributed by atoms with Gasteiger partial charge in [0.1, 0.15) is 23.7 Å². The molecule has 1 aliphatic rings. The summed E-state index contributed by atoms with van der Waals surface area (Å²) in [6, 6.07) is 22.7. The summed E-state index contributed by atoms with van der Waals surface area (Å²) in [6.45, 7) is -0.461. The normalized spacial score (nSPS) is 23.2. The number of carbonyl (C=O) groups excluding carboxylic acids is 1. The number of carbonyl (C=O) groups is 1. The molecule has 37 heavy (non-hydrogen) atoms. The molecule has 5 atom stereocenters. The van der Waals surface area contributed by atoms with Crippen LogP contribution in [0.4, 0.5) is 5.69 Å². The summed E-state index contributed by atoms with van der Waals surface area (Å²) < 4.78 is 17.9. The summed E-state index contributed by atoms with van der Waals surface area (Å²) >= 11 is 7.48. The molecule has 0 radical (unpaired) electrons. The van der Waals surface area contributed by atoms with Crippen LogP contribution in [0.3, 0.4) is 0 Å². The molecule has 192 valence electrons. The van der Waals surface area contributed by atoms with E-state index in [9.17, 15) is 15.0 Å². The highest BCUT2D eigenvalue weighted by Gasteiger charge is 2.48. The topological polar surface area (TPSA) is 134 Å². The first-order valence-electron chi connectivity index (χ1n) is 11.4. The Morgan fingerprint density at radius 2 is 1.78 bits per heavy atom. The van der Waals surface area contributed by atoms with Gasteiger partial charge in [0.25, 0.3) is 0 Å². The lowest BCUT2D eigenvalue weighted by Crippen LogP contribution is -2.59. The van der Waals surface area contributed by atoms with Crippen LogP contribution in [0.1, 0.15) is 15.9 Å².